The normalized spacial score (nSPS) is 45.3. The Labute approximate surface area is 183 Å². The van der Waals surface area contributed by atoms with Crippen molar-refractivity contribution in [3.63, 3.8) is 0 Å². The number of hydrogen-bond donors (Lipinski definition) is 1. The van der Waals surface area contributed by atoms with E-state index in [0.717, 1.165) is 60.5 Å². The minimum absolute atomic E-state index is 0.398. The van der Waals surface area contributed by atoms with Crippen LogP contribution in [0.3, 0.4) is 0 Å². The van der Waals surface area contributed by atoms with Gasteiger partial charge in [0.05, 0.1) is 18.9 Å². The van der Waals surface area contributed by atoms with Gasteiger partial charge < -0.3 is 9.84 Å². The minimum atomic E-state index is -0.398. The fourth-order valence-electron chi connectivity index (χ4n) is 8.72. The molecular weight excluding hydrogens is 370 g/mol. The van der Waals surface area contributed by atoms with Crippen molar-refractivity contribution >= 4 is 0 Å². The van der Waals surface area contributed by atoms with Crippen molar-refractivity contribution in [3.8, 4) is 5.75 Å². The summed E-state index contributed by atoms with van der Waals surface area (Å²) >= 11 is 0. The van der Waals surface area contributed by atoms with Crippen molar-refractivity contribution in [2.75, 3.05) is 7.11 Å². The number of aliphatic hydroxyl groups is 1. The molecule has 0 saturated heterocycles. The highest BCUT2D eigenvalue weighted by Crippen LogP contribution is 2.65. The number of nitrogens with zero attached hydrogens (tertiary/aromatic N) is 1. The lowest BCUT2D eigenvalue weighted by atomic mass is 9.49. The Kier molecular flexibility index (Phi) is 5.40. The zero-order valence-corrected chi connectivity index (χ0v) is 19.3. The first-order valence-electron chi connectivity index (χ1n) is 12.6. The van der Waals surface area contributed by atoms with Gasteiger partial charge in [-0.3, -0.25) is 4.98 Å². The lowest BCUT2D eigenvalue weighted by Gasteiger charge is -2.57. The summed E-state index contributed by atoms with van der Waals surface area (Å²) in [5.74, 6) is 6.27. The Morgan fingerprint density at radius 1 is 1.00 bits per heavy atom. The van der Waals surface area contributed by atoms with Crippen LogP contribution >= 0.6 is 0 Å². The molecule has 0 amide bonds. The Bertz CT molecular complexity index is 761. The van der Waals surface area contributed by atoms with Crippen LogP contribution in [0.5, 0.6) is 5.75 Å². The fraction of sp³-hybridized carbons (Fsp3) is 0.815. The Balaban J connectivity index is 1.26. The summed E-state index contributed by atoms with van der Waals surface area (Å²) in [6.07, 6.45) is 18.1. The van der Waals surface area contributed by atoms with Crippen LogP contribution in [0.15, 0.2) is 18.5 Å². The van der Waals surface area contributed by atoms with Crippen molar-refractivity contribution in [3.05, 3.63) is 24.0 Å². The van der Waals surface area contributed by atoms with Gasteiger partial charge in [-0.25, -0.2) is 0 Å². The van der Waals surface area contributed by atoms with Crippen LogP contribution in [0.4, 0.5) is 0 Å². The molecular formula is C27H41NO2. The number of pyridine rings is 1. The van der Waals surface area contributed by atoms with Crippen LogP contribution in [-0.4, -0.2) is 22.8 Å². The summed E-state index contributed by atoms with van der Waals surface area (Å²) in [4.78, 5) is 4.36. The molecule has 4 fully saturated rings. The van der Waals surface area contributed by atoms with Crippen LogP contribution in [0, 0.1) is 40.9 Å². The standard InChI is InChI=1S/C27H41NO2/c1-26(29)12-10-22-19(15-26)5-8-24-23(22)11-13-27(2)20(7-9-25(24)27)6-4-18-14-21(30-3)17-28-16-18/h14,16-17,19-20,22-25,29H,4-13,15H2,1-3H3/t19-,20+,22+,23-,24-,25+,26-,27-/m1/s1. The van der Waals surface area contributed by atoms with Crippen molar-refractivity contribution in [2.24, 2.45) is 40.9 Å². The number of methoxy groups -OCH3 is 1. The summed E-state index contributed by atoms with van der Waals surface area (Å²) in [6.45, 7) is 4.72. The maximum absolute atomic E-state index is 10.6. The van der Waals surface area contributed by atoms with Crippen molar-refractivity contribution in [1.82, 2.24) is 4.98 Å². The molecule has 1 heterocycles. The molecule has 0 aliphatic heterocycles. The first-order chi connectivity index (χ1) is 14.4. The molecule has 5 rings (SSSR count). The largest absolute Gasteiger partial charge is 0.495 e. The summed E-state index contributed by atoms with van der Waals surface area (Å²) in [5.41, 5.74) is 1.47. The van der Waals surface area contributed by atoms with Gasteiger partial charge in [-0.15, -0.1) is 0 Å². The second-order valence-electron chi connectivity index (χ2n) is 11.8. The van der Waals surface area contributed by atoms with E-state index in [4.69, 9.17) is 4.74 Å². The average molecular weight is 412 g/mol. The minimum Gasteiger partial charge on any atom is -0.495 e. The molecule has 3 heteroatoms. The van der Waals surface area contributed by atoms with Gasteiger partial charge in [0.25, 0.3) is 0 Å². The SMILES string of the molecule is COc1cncc(CC[C@H]2CC[C@H]3[C@@H]4CC[C@@H]5C[C@](C)(O)CC[C@@H]5[C@H]4CC[C@]23C)c1. The Morgan fingerprint density at radius 2 is 1.83 bits per heavy atom. The fourth-order valence-corrected chi connectivity index (χ4v) is 8.72. The number of aryl methyl sites for hydroxylation is 1. The highest BCUT2D eigenvalue weighted by Gasteiger charge is 2.57. The predicted molar refractivity (Wildman–Crippen MR) is 120 cm³/mol. The Morgan fingerprint density at radius 3 is 2.67 bits per heavy atom. The highest BCUT2D eigenvalue weighted by atomic mass is 16.5. The zero-order valence-electron chi connectivity index (χ0n) is 19.3. The molecule has 0 bridgehead atoms. The number of fused-ring (bicyclic) bond motifs is 5. The molecule has 8 atom stereocenters. The summed E-state index contributed by atoms with van der Waals surface area (Å²) in [6, 6.07) is 2.16. The molecule has 0 aromatic carbocycles. The number of ether oxygens (including phenoxy) is 1. The van der Waals surface area contributed by atoms with Crippen molar-refractivity contribution < 1.29 is 9.84 Å². The monoisotopic (exact) mass is 411 g/mol. The molecule has 30 heavy (non-hydrogen) atoms. The van der Waals surface area contributed by atoms with Gasteiger partial charge >= 0.3 is 0 Å². The number of hydrogen-bond acceptors (Lipinski definition) is 3. The molecule has 1 aromatic rings. The van der Waals surface area contributed by atoms with Crippen molar-refractivity contribution in [1.29, 1.82) is 0 Å². The molecule has 4 aliphatic rings. The second kappa shape index (κ2) is 7.80. The Hall–Kier alpha value is -1.09. The van der Waals surface area contributed by atoms with Gasteiger partial charge in [-0.05, 0) is 130 Å². The van der Waals surface area contributed by atoms with Gasteiger partial charge in [0.15, 0.2) is 0 Å². The third-order valence-corrected chi connectivity index (χ3v) is 10.2. The molecule has 166 valence electrons. The van der Waals surface area contributed by atoms with E-state index in [1.165, 1.54) is 56.9 Å². The van der Waals surface area contributed by atoms with Crippen LogP contribution < -0.4 is 4.74 Å². The molecule has 1 aromatic heterocycles. The van der Waals surface area contributed by atoms with E-state index < -0.39 is 5.60 Å². The average Bonchev–Trinajstić information content (AvgIpc) is 3.07. The summed E-state index contributed by atoms with van der Waals surface area (Å²) in [7, 11) is 1.73. The lowest BCUT2D eigenvalue weighted by molar-refractivity contribution is -0.0999. The third-order valence-electron chi connectivity index (χ3n) is 10.2. The van der Waals surface area contributed by atoms with Crippen LogP contribution in [0.1, 0.15) is 83.6 Å². The smallest absolute Gasteiger partial charge is 0.137 e. The van der Waals surface area contributed by atoms with Gasteiger partial charge in [-0.1, -0.05) is 6.92 Å². The van der Waals surface area contributed by atoms with Gasteiger partial charge in [0, 0.05) is 6.20 Å². The van der Waals surface area contributed by atoms with Crippen molar-refractivity contribution in [2.45, 2.75) is 90.1 Å². The molecule has 3 nitrogen and oxygen atoms in total. The highest BCUT2D eigenvalue weighted by molar-refractivity contribution is 5.23. The van der Waals surface area contributed by atoms with Gasteiger partial charge in [0.1, 0.15) is 5.75 Å². The van der Waals surface area contributed by atoms with E-state index in [9.17, 15) is 5.11 Å². The summed E-state index contributed by atoms with van der Waals surface area (Å²) < 4.78 is 5.37. The van der Waals surface area contributed by atoms with E-state index in [-0.39, 0.29) is 0 Å². The molecule has 4 aliphatic carbocycles. The van der Waals surface area contributed by atoms with Crippen LogP contribution in [0.25, 0.3) is 0 Å². The third kappa shape index (κ3) is 3.59. The molecule has 0 unspecified atom stereocenters. The number of aromatic nitrogens is 1. The molecule has 0 spiro atoms. The van der Waals surface area contributed by atoms with Crippen LogP contribution in [-0.2, 0) is 6.42 Å². The molecule has 4 saturated carbocycles. The lowest BCUT2D eigenvalue weighted by Crippen LogP contribution is -2.50. The molecule has 1 N–H and O–H groups in total. The van der Waals surface area contributed by atoms with E-state index in [0.29, 0.717) is 5.41 Å². The summed E-state index contributed by atoms with van der Waals surface area (Å²) in [5, 5.41) is 10.6. The predicted octanol–water partition coefficient (Wildman–Crippen LogP) is 6.04. The van der Waals surface area contributed by atoms with Gasteiger partial charge in [-0.2, -0.15) is 0 Å². The van der Waals surface area contributed by atoms with Gasteiger partial charge in [0.2, 0.25) is 0 Å². The van der Waals surface area contributed by atoms with E-state index in [2.05, 4.69) is 24.9 Å². The maximum atomic E-state index is 10.6. The topological polar surface area (TPSA) is 42.4 Å². The zero-order chi connectivity index (χ0) is 20.9. The second-order valence-corrected chi connectivity index (χ2v) is 11.8. The van der Waals surface area contributed by atoms with E-state index in [1.807, 2.05) is 6.20 Å². The maximum Gasteiger partial charge on any atom is 0.137 e. The quantitative estimate of drug-likeness (QED) is 0.656. The van der Waals surface area contributed by atoms with E-state index >= 15 is 0 Å². The van der Waals surface area contributed by atoms with E-state index in [1.54, 1.807) is 13.3 Å². The first kappa shape index (κ1) is 20.8. The number of rotatable bonds is 4. The first-order valence-corrected chi connectivity index (χ1v) is 12.6. The van der Waals surface area contributed by atoms with Crippen LogP contribution in [0.2, 0.25) is 0 Å². The molecule has 0 radical (unpaired) electrons.